The summed E-state index contributed by atoms with van der Waals surface area (Å²) in [6.07, 6.45) is 7.50. The summed E-state index contributed by atoms with van der Waals surface area (Å²) in [7, 11) is 2.02. The van der Waals surface area contributed by atoms with Crippen LogP contribution >= 0.6 is 0 Å². The van der Waals surface area contributed by atoms with Gasteiger partial charge >= 0.3 is 0 Å². The van der Waals surface area contributed by atoms with E-state index in [1.165, 1.54) is 12.6 Å². The zero-order valence-electron chi connectivity index (χ0n) is 14.6. The fourth-order valence-electron chi connectivity index (χ4n) is 3.30. The van der Waals surface area contributed by atoms with E-state index in [2.05, 4.69) is 16.0 Å². The standard InChI is InChI=1S/C20H23N3O2/c1-15(24)21-17-10-7-16(8-11-17)9-12-20(25)23-14-4-6-19(23)18-5-3-13-22(18)2/h3,5,7-13,19H,4,6,14H2,1-2H3,(H,21,24)/b12-9+/t19-/m0/s1. The number of rotatable bonds is 4. The first-order valence-electron chi connectivity index (χ1n) is 8.52. The Labute approximate surface area is 147 Å². The van der Waals surface area contributed by atoms with Crippen LogP contribution in [0.15, 0.2) is 48.7 Å². The van der Waals surface area contributed by atoms with Gasteiger partial charge < -0.3 is 14.8 Å². The minimum absolute atomic E-state index is 0.0367. The van der Waals surface area contributed by atoms with E-state index in [4.69, 9.17) is 0 Å². The number of aryl methyl sites for hydroxylation is 1. The number of anilines is 1. The van der Waals surface area contributed by atoms with E-state index in [1.54, 1.807) is 6.08 Å². The lowest BCUT2D eigenvalue weighted by molar-refractivity contribution is -0.127. The van der Waals surface area contributed by atoms with Crippen molar-refractivity contribution in [2.75, 3.05) is 11.9 Å². The minimum Gasteiger partial charge on any atom is -0.353 e. The number of carbonyl (C=O) groups is 2. The maximum atomic E-state index is 12.6. The quantitative estimate of drug-likeness (QED) is 0.870. The molecule has 1 aromatic carbocycles. The molecule has 25 heavy (non-hydrogen) atoms. The molecule has 1 saturated heterocycles. The highest BCUT2D eigenvalue weighted by molar-refractivity contribution is 5.92. The van der Waals surface area contributed by atoms with E-state index in [9.17, 15) is 9.59 Å². The highest BCUT2D eigenvalue weighted by Gasteiger charge is 2.29. The molecule has 0 aliphatic carbocycles. The summed E-state index contributed by atoms with van der Waals surface area (Å²) >= 11 is 0. The average molecular weight is 337 g/mol. The molecular formula is C20H23N3O2. The van der Waals surface area contributed by atoms with Gasteiger partial charge in [-0.3, -0.25) is 9.59 Å². The molecule has 2 heterocycles. The summed E-state index contributed by atoms with van der Waals surface area (Å²) in [6, 6.07) is 11.7. The van der Waals surface area contributed by atoms with E-state index in [0.717, 1.165) is 30.6 Å². The molecule has 5 nitrogen and oxygen atoms in total. The topological polar surface area (TPSA) is 54.3 Å². The summed E-state index contributed by atoms with van der Waals surface area (Å²) in [4.78, 5) is 25.6. The third-order valence-corrected chi connectivity index (χ3v) is 4.51. The summed E-state index contributed by atoms with van der Waals surface area (Å²) < 4.78 is 2.08. The first kappa shape index (κ1) is 17.0. The van der Waals surface area contributed by atoms with E-state index in [0.29, 0.717) is 0 Å². The van der Waals surface area contributed by atoms with Crippen LogP contribution in [0, 0.1) is 0 Å². The number of amides is 2. The molecule has 2 amide bonds. The molecule has 130 valence electrons. The van der Waals surface area contributed by atoms with Crippen molar-refractivity contribution in [2.45, 2.75) is 25.8 Å². The monoisotopic (exact) mass is 337 g/mol. The van der Waals surface area contributed by atoms with Gasteiger partial charge in [-0.25, -0.2) is 0 Å². The van der Waals surface area contributed by atoms with Crippen molar-refractivity contribution in [3.8, 4) is 0 Å². The molecule has 1 atom stereocenters. The summed E-state index contributed by atoms with van der Waals surface area (Å²) in [5.74, 6) is -0.0612. The lowest BCUT2D eigenvalue weighted by Crippen LogP contribution is -2.29. The van der Waals surface area contributed by atoms with E-state index in [1.807, 2.05) is 54.6 Å². The van der Waals surface area contributed by atoms with E-state index < -0.39 is 0 Å². The van der Waals surface area contributed by atoms with E-state index >= 15 is 0 Å². The second-order valence-corrected chi connectivity index (χ2v) is 6.37. The molecule has 3 rings (SSSR count). The maximum Gasteiger partial charge on any atom is 0.247 e. The Morgan fingerprint density at radius 3 is 2.60 bits per heavy atom. The lowest BCUT2D eigenvalue weighted by Gasteiger charge is -2.24. The fourth-order valence-corrected chi connectivity index (χ4v) is 3.30. The molecule has 1 N–H and O–H groups in total. The van der Waals surface area contributed by atoms with Crippen molar-refractivity contribution < 1.29 is 9.59 Å². The maximum absolute atomic E-state index is 12.6. The van der Waals surface area contributed by atoms with Gasteiger partial charge in [0.05, 0.1) is 6.04 Å². The van der Waals surface area contributed by atoms with Crippen molar-refractivity contribution in [2.24, 2.45) is 7.05 Å². The molecule has 1 fully saturated rings. The zero-order valence-corrected chi connectivity index (χ0v) is 14.6. The van der Waals surface area contributed by atoms with Gasteiger partial charge in [-0.2, -0.15) is 0 Å². The molecule has 0 saturated carbocycles. The third kappa shape index (κ3) is 3.99. The van der Waals surface area contributed by atoms with Crippen LogP contribution in [0.5, 0.6) is 0 Å². The van der Waals surface area contributed by atoms with Gasteiger partial charge in [-0.05, 0) is 48.7 Å². The third-order valence-electron chi connectivity index (χ3n) is 4.51. The number of aromatic nitrogens is 1. The van der Waals surface area contributed by atoms with Crippen LogP contribution < -0.4 is 5.32 Å². The predicted octanol–water partition coefficient (Wildman–Crippen LogP) is 3.36. The van der Waals surface area contributed by atoms with Crippen molar-refractivity contribution in [3.05, 3.63) is 59.9 Å². The number of likely N-dealkylation sites (tertiary alicyclic amines) is 1. The molecule has 1 aromatic heterocycles. The molecule has 1 aliphatic rings. The Morgan fingerprint density at radius 1 is 1.20 bits per heavy atom. The second kappa shape index (κ2) is 7.38. The Hall–Kier alpha value is -2.82. The zero-order chi connectivity index (χ0) is 17.8. The summed E-state index contributed by atoms with van der Waals surface area (Å²) in [6.45, 7) is 2.27. The van der Waals surface area contributed by atoms with Gasteiger partial charge in [-0.15, -0.1) is 0 Å². The molecular weight excluding hydrogens is 314 g/mol. The van der Waals surface area contributed by atoms with Crippen molar-refractivity contribution in [3.63, 3.8) is 0 Å². The Kier molecular flexibility index (Phi) is 5.03. The summed E-state index contributed by atoms with van der Waals surface area (Å²) in [5, 5.41) is 2.73. The second-order valence-electron chi connectivity index (χ2n) is 6.37. The molecule has 2 aromatic rings. The molecule has 0 spiro atoms. The number of hydrogen-bond donors (Lipinski definition) is 1. The van der Waals surface area contributed by atoms with Crippen molar-refractivity contribution in [1.82, 2.24) is 9.47 Å². The van der Waals surface area contributed by atoms with Crippen LogP contribution in [0.4, 0.5) is 5.69 Å². The molecule has 0 radical (unpaired) electrons. The van der Waals surface area contributed by atoms with Crippen LogP contribution in [0.2, 0.25) is 0 Å². The average Bonchev–Trinajstić information content (AvgIpc) is 3.21. The largest absolute Gasteiger partial charge is 0.353 e. The first-order valence-corrected chi connectivity index (χ1v) is 8.52. The van der Waals surface area contributed by atoms with Crippen LogP contribution in [0.25, 0.3) is 6.08 Å². The van der Waals surface area contributed by atoms with Gasteiger partial charge in [-0.1, -0.05) is 12.1 Å². The first-order chi connectivity index (χ1) is 12.0. The van der Waals surface area contributed by atoms with Gasteiger partial charge in [0.1, 0.15) is 0 Å². The molecule has 0 unspecified atom stereocenters. The number of nitrogens with zero attached hydrogens (tertiary/aromatic N) is 2. The molecule has 0 bridgehead atoms. The van der Waals surface area contributed by atoms with Crippen LogP contribution in [0.3, 0.4) is 0 Å². The van der Waals surface area contributed by atoms with Crippen LogP contribution in [-0.2, 0) is 16.6 Å². The van der Waals surface area contributed by atoms with Crippen LogP contribution in [0.1, 0.15) is 37.1 Å². The van der Waals surface area contributed by atoms with Crippen molar-refractivity contribution >= 4 is 23.6 Å². The Bertz CT molecular complexity index is 790. The Balaban J connectivity index is 1.67. The van der Waals surface area contributed by atoms with Crippen molar-refractivity contribution in [1.29, 1.82) is 0 Å². The van der Waals surface area contributed by atoms with Gasteiger partial charge in [0.2, 0.25) is 11.8 Å². The number of hydrogen-bond acceptors (Lipinski definition) is 2. The van der Waals surface area contributed by atoms with Gasteiger partial charge in [0, 0.05) is 44.2 Å². The SMILES string of the molecule is CC(=O)Nc1ccc(/C=C/C(=O)N2CCC[C@H]2c2cccn2C)cc1. The smallest absolute Gasteiger partial charge is 0.247 e. The van der Waals surface area contributed by atoms with Gasteiger partial charge in [0.15, 0.2) is 0 Å². The fraction of sp³-hybridized carbons (Fsp3) is 0.300. The van der Waals surface area contributed by atoms with E-state index in [-0.39, 0.29) is 17.9 Å². The highest BCUT2D eigenvalue weighted by atomic mass is 16.2. The molecule has 1 aliphatic heterocycles. The highest BCUT2D eigenvalue weighted by Crippen LogP contribution is 2.32. The lowest BCUT2D eigenvalue weighted by atomic mass is 10.1. The normalized spacial score (nSPS) is 17.2. The summed E-state index contributed by atoms with van der Waals surface area (Å²) in [5.41, 5.74) is 2.86. The predicted molar refractivity (Wildman–Crippen MR) is 98.9 cm³/mol. The Morgan fingerprint density at radius 2 is 1.96 bits per heavy atom. The minimum atomic E-state index is -0.0979. The number of carbonyl (C=O) groups excluding carboxylic acids is 2. The van der Waals surface area contributed by atoms with Gasteiger partial charge in [0.25, 0.3) is 0 Å². The number of nitrogens with one attached hydrogen (secondary N) is 1. The number of benzene rings is 1. The van der Waals surface area contributed by atoms with Crippen LogP contribution in [-0.4, -0.2) is 27.8 Å². The molecule has 5 heteroatoms.